The van der Waals surface area contributed by atoms with E-state index in [9.17, 15) is 4.79 Å². The Morgan fingerprint density at radius 2 is 2.20 bits per heavy atom. The molecule has 0 N–H and O–H groups in total. The van der Waals surface area contributed by atoms with Crippen LogP contribution in [0.4, 0.5) is 0 Å². The van der Waals surface area contributed by atoms with Crippen LogP contribution >= 0.6 is 11.6 Å². The molecule has 0 spiro atoms. The molecule has 2 aromatic rings. The lowest BCUT2D eigenvalue weighted by atomic mass is 10.1. The number of fused-ring (bicyclic) bond motifs is 1. The van der Waals surface area contributed by atoms with E-state index in [1.807, 2.05) is 32.2 Å². The monoisotopic (exact) mass is 290 g/mol. The van der Waals surface area contributed by atoms with Crippen molar-refractivity contribution in [1.29, 1.82) is 0 Å². The summed E-state index contributed by atoms with van der Waals surface area (Å²) in [5, 5.41) is 4.89. The van der Waals surface area contributed by atoms with E-state index in [1.54, 1.807) is 4.68 Å². The van der Waals surface area contributed by atoms with Crippen molar-refractivity contribution in [3.8, 4) is 5.75 Å². The average molecular weight is 291 g/mol. The quantitative estimate of drug-likeness (QED) is 0.872. The number of aryl methyl sites for hydroxylation is 2. The minimum Gasteiger partial charge on any atom is -0.487 e. The molecule has 1 aromatic heterocycles. The Morgan fingerprint density at radius 1 is 1.40 bits per heavy atom. The summed E-state index contributed by atoms with van der Waals surface area (Å²) in [4.78, 5) is 11.7. The topological polar surface area (TPSA) is 44.1 Å². The molecule has 0 saturated heterocycles. The first-order valence-electron chi connectivity index (χ1n) is 6.54. The molecule has 4 nitrogen and oxygen atoms in total. The zero-order chi connectivity index (χ0) is 14.3. The number of Topliss-reactive ketones (excluding diaryl/α,β-unsaturated/α-hetero) is 1. The highest BCUT2D eigenvalue weighted by molar-refractivity contribution is 6.31. The number of benzene rings is 1. The Morgan fingerprint density at radius 3 is 2.90 bits per heavy atom. The van der Waals surface area contributed by atoms with Crippen molar-refractivity contribution in [2.24, 2.45) is 7.05 Å². The molecule has 20 heavy (non-hydrogen) atoms. The maximum Gasteiger partial charge on any atom is 0.163 e. The first-order chi connectivity index (χ1) is 9.58. The van der Waals surface area contributed by atoms with Crippen molar-refractivity contribution < 1.29 is 9.53 Å². The van der Waals surface area contributed by atoms with Crippen LogP contribution in [0.1, 0.15) is 33.7 Å². The lowest BCUT2D eigenvalue weighted by Gasteiger charge is -2.10. The fraction of sp³-hybridized carbons (Fsp3) is 0.333. The number of aromatic nitrogens is 2. The summed E-state index contributed by atoms with van der Waals surface area (Å²) in [5.74, 6) is 0.961. The van der Waals surface area contributed by atoms with Crippen molar-refractivity contribution >= 4 is 17.4 Å². The smallest absolute Gasteiger partial charge is 0.163 e. The van der Waals surface area contributed by atoms with Gasteiger partial charge in [-0.25, -0.2) is 0 Å². The second-order valence-electron chi connectivity index (χ2n) is 4.96. The van der Waals surface area contributed by atoms with Crippen LogP contribution in [0, 0.1) is 6.92 Å². The predicted molar refractivity (Wildman–Crippen MR) is 76.4 cm³/mol. The molecule has 0 amide bonds. The standard InChI is InChI=1S/C15H15ClN2O2/c1-9-15(16)12(18(2)17-9)8-20-14-5-3-4-10-11(14)6-7-13(10)19/h3-5H,6-8H2,1-2H3. The van der Waals surface area contributed by atoms with Gasteiger partial charge in [-0.15, -0.1) is 0 Å². The summed E-state index contributed by atoms with van der Waals surface area (Å²) in [7, 11) is 1.84. The molecule has 0 aliphatic heterocycles. The average Bonchev–Trinajstić information content (AvgIpc) is 2.91. The maximum absolute atomic E-state index is 11.7. The van der Waals surface area contributed by atoms with Crippen LogP contribution in [0.5, 0.6) is 5.75 Å². The molecule has 1 aliphatic carbocycles. The zero-order valence-electron chi connectivity index (χ0n) is 11.4. The van der Waals surface area contributed by atoms with Gasteiger partial charge in [0, 0.05) is 24.6 Å². The van der Waals surface area contributed by atoms with Crippen molar-refractivity contribution in [3.05, 3.63) is 45.7 Å². The minimum atomic E-state index is 0.194. The Kier molecular flexibility index (Phi) is 3.26. The fourth-order valence-corrected chi connectivity index (χ4v) is 2.79. The molecule has 1 aliphatic rings. The Bertz CT molecular complexity index is 691. The molecule has 5 heteroatoms. The number of carbonyl (C=O) groups is 1. The number of halogens is 1. The van der Waals surface area contributed by atoms with E-state index in [-0.39, 0.29) is 5.78 Å². The molecule has 0 fully saturated rings. The van der Waals surface area contributed by atoms with E-state index in [4.69, 9.17) is 16.3 Å². The summed E-state index contributed by atoms with van der Waals surface area (Å²) in [6.07, 6.45) is 1.32. The molecule has 0 bridgehead atoms. The number of ketones is 1. The highest BCUT2D eigenvalue weighted by atomic mass is 35.5. The minimum absolute atomic E-state index is 0.194. The van der Waals surface area contributed by atoms with Gasteiger partial charge in [-0.1, -0.05) is 23.7 Å². The van der Waals surface area contributed by atoms with E-state index in [2.05, 4.69) is 5.10 Å². The van der Waals surface area contributed by atoms with E-state index in [1.165, 1.54) is 0 Å². The summed E-state index contributed by atoms with van der Waals surface area (Å²) < 4.78 is 7.59. The summed E-state index contributed by atoms with van der Waals surface area (Å²) in [6.45, 7) is 2.21. The van der Waals surface area contributed by atoms with Crippen LogP contribution in [0.2, 0.25) is 5.02 Å². The maximum atomic E-state index is 11.7. The van der Waals surface area contributed by atoms with Gasteiger partial charge in [-0.05, 0) is 19.4 Å². The highest BCUT2D eigenvalue weighted by Gasteiger charge is 2.23. The second kappa shape index (κ2) is 4.94. The number of carbonyl (C=O) groups excluding carboxylic acids is 1. The molecular formula is C15H15ClN2O2. The van der Waals surface area contributed by atoms with Gasteiger partial charge < -0.3 is 4.74 Å². The van der Waals surface area contributed by atoms with Gasteiger partial charge >= 0.3 is 0 Å². The number of hydrogen-bond acceptors (Lipinski definition) is 3. The van der Waals surface area contributed by atoms with Crippen LogP contribution in [-0.4, -0.2) is 15.6 Å². The van der Waals surface area contributed by atoms with Gasteiger partial charge in [-0.2, -0.15) is 5.10 Å². The third-order valence-corrected chi connectivity index (χ3v) is 4.15. The Balaban J connectivity index is 1.85. The molecule has 104 valence electrons. The number of rotatable bonds is 3. The normalized spacial score (nSPS) is 13.7. The van der Waals surface area contributed by atoms with E-state index < -0.39 is 0 Å². The summed E-state index contributed by atoms with van der Waals surface area (Å²) in [5.41, 5.74) is 3.43. The van der Waals surface area contributed by atoms with Gasteiger partial charge in [0.1, 0.15) is 12.4 Å². The molecule has 1 heterocycles. The molecular weight excluding hydrogens is 276 g/mol. The third-order valence-electron chi connectivity index (χ3n) is 3.66. The van der Waals surface area contributed by atoms with Crippen LogP contribution in [0.3, 0.4) is 0 Å². The van der Waals surface area contributed by atoms with Gasteiger partial charge in [0.05, 0.1) is 16.4 Å². The van der Waals surface area contributed by atoms with Gasteiger partial charge in [0.2, 0.25) is 0 Å². The Hall–Kier alpha value is -1.81. The first-order valence-corrected chi connectivity index (χ1v) is 6.91. The van der Waals surface area contributed by atoms with Crippen LogP contribution in [0.15, 0.2) is 18.2 Å². The molecule has 1 aromatic carbocycles. The Labute approximate surface area is 122 Å². The van der Waals surface area contributed by atoms with Crippen molar-refractivity contribution in [1.82, 2.24) is 9.78 Å². The fourth-order valence-electron chi connectivity index (χ4n) is 2.58. The molecule has 0 unspecified atom stereocenters. The lowest BCUT2D eigenvalue weighted by molar-refractivity contribution is 0.0994. The molecule has 0 radical (unpaired) electrons. The third kappa shape index (κ3) is 2.10. The van der Waals surface area contributed by atoms with Gasteiger partial charge in [0.15, 0.2) is 5.78 Å². The number of hydrogen-bond donors (Lipinski definition) is 0. The molecule has 0 saturated carbocycles. The SMILES string of the molecule is Cc1nn(C)c(COc2cccc3c2CCC3=O)c1Cl. The summed E-state index contributed by atoms with van der Waals surface area (Å²) in [6, 6.07) is 5.61. The second-order valence-corrected chi connectivity index (χ2v) is 5.34. The van der Waals surface area contributed by atoms with Crippen molar-refractivity contribution in [2.75, 3.05) is 0 Å². The van der Waals surface area contributed by atoms with Crippen molar-refractivity contribution in [2.45, 2.75) is 26.4 Å². The highest BCUT2D eigenvalue weighted by Crippen LogP contribution is 2.31. The van der Waals surface area contributed by atoms with E-state index in [0.29, 0.717) is 18.1 Å². The summed E-state index contributed by atoms with van der Waals surface area (Å²) >= 11 is 6.20. The van der Waals surface area contributed by atoms with Crippen LogP contribution in [-0.2, 0) is 20.1 Å². The van der Waals surface area contributed by atoms with Crippen molar-refractivity contribution in [3.63, 3.8) is 0 Å². The van der Waals surface area contributed by atoms with Crippen LogP contribution in [0.25, 0.3) is 0 Å². The number of ether oxygens (including phenoxy) is 1. The van der Waals surface area contributed by atoms with E-state index >= 15 is 0 Å². The molecule has 0 atom stereocenters. The zero-order valence-corrected chi connectivity index (χ0v) is 12.2. The van der Waals surface area contributed by atoms with Crippen LogP contribution < -0.4 is 4.74 Å². The first kappa shape index (κ1) is 13.2. The van der Waals surface area contributed by atoms with E-state index in [0.717, 1.165) is 34.7 Å². The largest absolute Gasteiger partial charge is 0.487 e. The number of nitrogens with zero attached hydrogens (tertiary/aromatic N) is 2. The van der Waals surface area contributed by atoms with Gasteiger partial charge in [-0.3, -0.25) is 9.48 Å². The lowest BCUT2D eigenvalue weighted by Crippen LogP contribution is -2.05. The van der Waals surface area contributed by atoms with Gasteiger partial charge in [0.25, 0.3) is 0 Å². The predicted octanol–water partition coefficient (Wildman–Crippen LogP) is 3.09. The molecule has 3 rings (SSSR count).